The Morgan fingerprint density at radius 2 is 1.71 bits per heavy atom. The van der Waals surface area contributed by atoms with Gasteiger partial charge in [-0.15, -0.1) is 10.2 Å². The molecule has 1 aromatic heterocycles. The number of aromatic amines is 1. The predicted octanol–water partition coefficient (Wildman–Crippen LogP) is 3.61. The van der Waals surface area contributed by atoms with E-state index in [1.165, 1.54) is 0 Å². The van der Waals surface area contributed by atoms with Gasteiger partial charge in [0.25, 0.3) is 5.56 Å². The Labute approximate surface area is 183 Å². The summed E-state index contributed by atoms with van der Waals surface area (Å²) in [5.41, 5.74) is 2.29. The normalized spacial score (nSPS) is 11.6. The molecule has 0 saturated carbocycles. The summed E-state index contributed by atoms with van der Waals surface area (Å²) in [5.74, 6) is -0.379. The minimum Gasteiger partial charge on any atom is -0.325 e. The number of hydrogen-bond acceptors (Lipinski definition) is 6. The van der Waals surface area contributed by atoms with E-state index in [4.69, 9.17) is 0 Å². The van der Waals surface area contributed by atoms with Crippen LogP contribution in [0, 0.1) is 6.92 Å². The fourth-order valence-corrected chi connectivity index (χ4v) is 3.50. The van der Waals surface area contributed by atoms with Crippen LogP contribution in [-0.2, 0) is 9.59 Å². The second-order valence-corrected chi connectivity index (χ2v) is 8.15. The summed E-state index contributed by atoms with van der Waals surface area (Å²) in [6.07, 6.45) is 0.314. The Kier molecular flexibility index (Phi) is 7.19. The quantitative estimate of drug-likeness (QED) is 0.486. The van der Waals surface area contributed by atoms with Crippen molar-refractivity contribution >= 4 is 35.0 Å². The molecule has 0 saturated heterocycles. The summed E-state index contributed by atoms with van der Waals surface area (Å²) in [6, 6.07) is 14.4. The number of thioether (sulfide) groups is 1. The number of hydrogen-bond donors (Lipinski definition) is 3. The lowest BCUT2D eigenvalue weighted by atomic mass is 10.1. The van der Waals surface area contributed by atoms with Crippen molar-refractivity contribution in [2.45, 2.75) is 37.6 Å². The number of rotatable bonds is 7. The summed E-state index contributed by atoms with van der Waals surface area (Å²) in [5, 5.41) is 13.5. The van der Waals surface area contributed by atoms with Crippen molar-refractivity contribution in [3.63, 3.8) is 0 Å². The third-order valence-corrected chi connectivity index (χ3v) is 5.49. The monoisotopic (exact) mass is 437 g/mol. The van der Waals surface area contributed by atoms with Crippen molar-refractivity contribution in [1.82, 2.24) is 15.2 Å². The van der Waals surface area contributed by atoms with Gasteiger partial charge in [-0.2, -0.15) is 0 Å². The Hall–Kier alpha value is -3.46. The van der Waals surface area contributed by atoms with Crippen LogP contribution in [0.1, 0.15) is 25.8 Å². The molecule has 1 atom stereocenters. The van der Waals surface area contributed by atoms with Crippen molar-refractivity contribution < 1.29 is 9.59 Å². The van der Waals surface area contributed by atoms with E-state index in [-0.39, 0.29) is 22.7 Å². The molecule has 0 spiro atoms. The zero-order valence-corrected chi connectivity index (χ0v) is 18.2. The molecule has 2 aromatic carbocycles. The number of anilines is 2. The number of nitrogens with zero attached hydrogens (tertiary/aromatic N) is 2. The summed E-state index contributed by atoms with van der Waals surface area (Å²) in [6.45, 7) is 5.38. The van der Waals surface area contributed by atoms with Gasteiger partial charge in [-0.05, 0) is 31.5 Å². The molecule has 3 aromatic rings. The van der Waals surface area contributed by atoms with E-state index in [0.29, 0.717) is 17.7 Å². The average molecular weight is 438 g/mol. The summed E-state index contributed by atoms with van der Waals surface area (Å²) >= 11 is 1.10. The highest BCUT2D eigenvalue weighted by Gasteiger charge is 2.19. The largest absolute Gasteiger partial charge is 0.325 e. The first kappa shape index (κ1) is 22.2. The molecule has 0 fully saturated rings. The van der Waals surface area contributed by atoms with Gasteiger partial charge in [0.2, 0.25) is 11.8 Å². The average Bonchev–Trinajstić information content (AvgIpc) is 2.76. The van der Waals surface area contributed by atoms with Crippen LogP contribution in [0.4, 0.5) is 11.4 Å². The standard InChI is InChI=1S/C22H23N5O3S/c1-4-18(28)23-17-12-8-6-10-15(17)19-21(30)25-22(27-26-19)31-14(3)20(29)24-16-11-7-5-9-13(16)2/h5-12,14H,4H2,1-3H3,(H,23,28)(H,24,29)(H,25,27,30)/t14-/m0/s1. The van der Waals surface area contributed by atoms with Crippen LogP contribution in [0.25, 0.3) is 11.3 Å². The van der Waals surface area contributed by atoms with Crippen LogP contribution in [0.5, 0.6) is 0 Å². The van der Waals surface area contributed by atoms with Crippen molar-refractivity contribution in [3.8, 4) is 11.3 Å². The van der Waals surface area contributed by atoms with Gasteiger partial charge in [0.15, 0.2) is 10.9 Å². The maximum atomic E-state index is 12.7. The van der Waals surface area contributed by atoms with E-state index in [1.54, 1.807) is 38.1 Å². The van der Waals surface area contributed by atoms with Crippen molar-refractivity contribution in [3.05, 3.63) is 64.4 Å². The van der Waals surface area contributed by atoms with Crippen LogP contribution in [0.15, 0.2) is 58.5 Å². The zero-order chi connectivity index (χ0) is 22.4. The smallest absolute Gasteiger partial charge is 0.278 e. The third-order valence-electron chi connectivity index (χ3n) is 4.51. The molecule has 0 radical (unpaired) electrons. The highest BCUT2D eigenvalue weighted by molar-refractivity contribution is 8.00. The molecule has 0 bridgehead atoms. The van der Waals surface area contributed by atoms with Crippen LogP contribution in [-0.4, -0.2) is 32.2 Å². The van der Waals surface area contributed by atoms with Crippen LogP contribution < -0.4 is 16.2 Å². The molecule has 160 valence electrons. The van der Waals surface area contributed by atoms with E-state index < -0.39 is 10.8 Å². The topological polar surface area (TPSA) is 117 Å². The Balaban J connectivity index is 1.76. The minimum atomic E-state index is -0.508. The maximum absolute atomic E-state index is 12.7. The molecule has 0 unspecified atom stereocenters. The fraction of sp³-hybridized carbons (Fsp3) is 0.227. The number of aromatic nitrogens is 3. The minimum absolute atomic E-state index is 0.0911. The number of amides is 2. The lowest BCUT2D eigenvalue weighted by Crippen LogP contribution is -2.24. The highest BCUT2D eigenvalue weighted by atomic mass is 32.2. The number of aryl methyl sites for hydroxylation is 1. The molecule has 31 heavy (non-hydrogen) atoms. The van der Waals surface area contributed by atoms with Gasteiger partial charge in [-0.1, -0.05) is 55.1 Å². The zero-order valence-electron chi connectivity index (χ0n) is 17.4. The molecule has 8 nitrogen and oxygen atoms in total. The number of para-hydroxylation sites is 2. The SMILES string of the molecule is CCC(=O)Nc1ccccc1-c1nnc(S[C@@H](C)C(=O)Nc2ccccc2C)[nH]c1=O. The molecule has 1 heterocycles. The van der Waals surface area contributed by atoms with Gasteiger partial charge >= 0.3 is 0 Å². The number of carbonyl (C=O) groups excluding carboxylic acids is 2. The second kappa shape index (κ2) is 10.0. The lowest BCUT2D eigenvalue weighted by Gasteiger charge is -2.13. The van der Waals surface area contributed by atoms with Gasteiger partial charge < -0.3 is 10.6 Å². The molecule has 9 heteroatoms. The number of benzene rings is 2. The molecular weight excluding hydrogens is 414 g/mol. The van der Waals surface area contributed by atoms with E-state index in [0.717, 1.165) is 23.0 Å². The highest BCUT2D eigenvalue weighted by Crippen LogP contribution is 2.25. The fourth-order valence-electron chi connectivity index (χ4n) is 2.76. The van der Waals surface area contributed by atoms with Crippen LogP contribution in [0.3, 0.4) is 0 Å². The van der Waals surface area contributed by atoms with E-state index in [2.05, 4.69) is 25.8 Å². The van der Waals surface area contributed by atoms with E-state index in [1.807, 2.05) is 31.2 Å². The van der Waals surface area contributed by atoms with Gasteiger partial charge in [-0.25, -0.2) is 0 Å². The van der Waals surface area contributed by atoms with Crippen LogP contribution >= 0.6 is 11.8 Å². The second-order valence-electron chi connectivity index (χ2n) is 6.82. The van der Waals surface area contributed by atoms with Crippen molar-refractivity contribution in [2.24, 2.45) is 0 Å². The van der Waals surface area contributed by atoms with Crippen molar-refractivity contribution in [1.29, 1.82) is 0 Å². The third kappa shape index (κ3) is 5.58. The molecule has 3 rings (SSSR count). The maximum Gasteiger partial charge on any atom is 0.278 e. The molecule has 0 aliphatic carbocycles. The molecule has 3 N–H and O–H groups in total. The molecule has 0 aliphatic rings. The summed E-state index contributed by atoms with van der Waals surface area (Å²) < 4.78 is 0. The van der Waals surface area contributed by atoms with Crippen LogP contribution in [0.2, 0.25) is 0 Å². The van der Waals surface area contributed by atoms with Gasteiger partial charge in [0, 0.05) is 17.7 Å². The predicted molar refractivity (Wildman–Crippen MR) is 122 cm³/mol. The molecule has 0 aliphatic heterocycles. The van der Waals surface area contributed by atoms with E-state index in [9.17, 15) is 14.4 Å². The number of carbonyl (C=O) groups is 2. The Morgan fingerprint density at radius 1 is 1.03 bits per heavy atom. The van der Waals surface area contributed by atoms with Gasteiger partial charge in [0.1, 0.15) is 0 Å². The Morgan fingerprint density at radius 3 is 2.39 bits per heavy atom. The number of nitrogens with one attached hydrogen (secondary N) is 3. The Bertz CT molecular complexity index is 1160. The first-order valence-electron chi connectivity index (χ1n) is 9.78. The van der Waals surface area contributed by atoms with E-state index >= 15 is 0 Å². The summed E-state index contributed by atoms with van der Waals surface area (Å²) in [7, 11) is 0. The van der Waals surface area contributed by atoms with Gasteiger partial charge in [0.05, 0.1) is 10.9 Å². The van der Waals surface area contributed by atoms with Gasteiger partial charge in [-0.3, -0.25) is 19.4 Å². The number of H-pyrrole nitrogens is 1. The van der Waals surface area contributed by atoms with Crippen molar-refractivity contribution in [2.75, 3.05) is 10.6 Å². The molecule has 2 amide bonds. The lowest BCUT2D eigenvalue weighted by molar-refractivity contribution is -0.116. The first-order chi connectivity index (χ1) is 14.9. The summed E-state index contributed by atoms with van der Waals surface area (Å²) in [4.78, 5) is 39.6. The first-order valence-corrected chi connectivity index (χ1v) is 10.7. The molecular formula is C22H23N5O3S.